The van der Waals surface area contributed by atoms with Gasteiger partial charge in [0.15, 0.2) is 11.6 Å². The van der Waals surface area contributed by atoms with Crippen LogP contribution in [-0.4, -0.2) is 31.9 Å². The molecule has 1 heterocycles. The molecule has 1 N–H and O–H groups in total. The molecule has 0 unspecified atom stereocenters. The van der Waals surface area contributed by atoms with E-state index in [-0.39, 0.29) is 12.2 Å². The third-order valence-corrected chi connectivity index (χ3v) is 2.56. The van der Waals surface area contributed by atoms with Gasteiger partial charge < -0.3 is 14.8 Å². The van der Waals surface area contributed by atoms with Crippen LogP contribution in [0.15, 0.2) is 18.2 Å². The van der Waals surface area contributed by atoms with Crippen LogP contribution in [0.4, 0.5) is 8.78 Å². The number of hydrogen-bond acceptors (Lipinski definition) is 3. The lowest BCUT2D eigenvalue weighted by Crippen LogP contribution is -2.45. The standard InChI is InChI=1S/C12H15F2NO2/c1-8-5-15-6-10(17-8)7-16-9-2-3-11(13)12(14)4-9/h2-4,8,10,15H,5-7H2,1H3/t8-,10-/m1/s1. The highest BCUT2D eigenvalue weighted by Crippen LogP contribution is 2.16. The van der Waals surface area contributed by atoms with E-state index >= 15 is 0 Å². The number of ether oxygens (including phenoxy) is 2. The predicted molar refractivity (Wildman–Crippen MR) is 59.1 cm³/mol. The molecule has 5 heteroatoms. The first-order valence-electron chi connectivity index (χ1n) is 5.59. The van der Waals surface area contributed by atoms with Gasteiger partial charge >= 0.3 is 0 Å². The Bertz CT molecular complexity index is 387. The van der Waals surface area contributed by atoms with Gasteiger partial charge in [-0.2, -0.15) is 0 Å². The highest BCUT2D eigenvalue weighted by atomic mass is 19.2. The van der Waals surface area contributed by atoms with Crippen LogP contribution in [0.2, 0.25) is 0 Å². The van der Waals surface area contributed by atoms with Crippen LogP contribution >= 0.6 is 0 Å². The van der Waals surface area contributed by atoms with Gasteiger partial charge in [-0.15, -0.1) is 0 Å². The first kappa shape index (κ1) is 12.3. The molecule has 0 aliphatic carbocycles. The van der Waals surface area contributed by atoms with Crippen molar-refractivity contribution >= 4 is 0 Å². The highest BCUT2D eigenvalue weighted by Gasteiger charge is 2.19. The minimum atomic E-state index is -0.904. The molecule has 1 aromatic carbocycles. The van der Waals surface area contributed by atoms with Gasteiger partial charge in [0.25, 0.3) is 0 Å². The number of hydrogen-bond donors (Lipinski definition) is 1. The van der Waals surface area contributed by atoms with Crippen molar-refractivity contribution in [3.05, 3.63) is 29.8 Å². The molecular weight excluding hydrogens is 228 g/mol. The molecule has 1 aliphatic rings. The van der Waals surface area contributed by atoms with E-state index in [0.717, 1.165) is 18.7 Å². The molecule has 1 aliphatic heterocycles. The minimum absolute atomic E-state index is 0.0631. The quantitative estimate of drug-likeness (QED) is 0.876. The molecule has 2 rings (SSSR count). The van der Waals surface area contributed by atoms with Crippen molar-refractivity contribution in [1.82, 2.24) is 5.32 Å². The smallest absolute Gasteiger partial charge is 0.162 e. The van der Waals surface area contributed by atoms with Crippen molar-refractivity contribution in [3.8, 4) is 5.75 Å². The summed E-state index contributed by atoms with van der Waals surface area (Å²) in [5.41, 5.74) is 0. The second kappa shape index (κ2) is 5.42. The van der Waals surface area contributed by atoms with E-state index in [1.807, 2.05) is 6.92 Å². The summed E-state index contributed by atoms with van der Waals surface area (Å²) in [5.74, 6) is -1.47. The van der Waals surface area contributed by atoms with Crippen LogP contribution in [0.5, 0.6) is 5.75 Å². The first-order chi connectivity index (χ1) is 8.15. The lowest BCUT2D eigenvalue weighted by atomic mass is 10.2. The average molecular weight is 243 g/mol. The molecule has 94 valence electrons. The maximum absolute atomic E-state index is 12.9. The molecule has 0 bridgehead atoms. The summed E-state index contributed by atoms with van der Waals surface area (Å²) in [5, 5.41) is 3.20. The monoisotopic (exact) mass is 243 g/mol. The van der Waals surface area contributed by atoms with Gasteiger partial charge in [0, 0.05) is 19.2 Å². The molecule has 0 aromatic heterocycles. The van der Waals surface area contributed by atoms with Crippen molar-refractivity contribution in [2.75, 3.05) is 19.7 Å². The lowest BCUT2D eigenvalue weighted by Gasteiger charge is -2.28. The van der Waals surface area contributed by atoms with E-state index in [2.05, 4.69) is 5.32 Å². The van der Waals surface area contributed by atoms with Gasteiger partial charge in [0.05, 0.1) is 6.10 Å². The SMILES string of the molecule is C[C@@H]1CNC[C@H](COc2ccc(F)c(F)c2)O1. The van der Waals surface area contributed by atoms with E-state index in [1.165, 1.54) is 6.07 Å². The van der Waals surface area contributed by atoms with Crippen molar-refractivity contribution in [3.63, 3.8) is 0 Å². The summed E-state index contributed by atoms with van der Waals surface area (Å²) in [6, 6.07) is 3.49. The van der Waals surface area contributed by atoms with Crippen molar-refractivity contribution < 1.29 is 18.3 Å². The fourth-order valence-corrected chi connectivity index (χ4v) is 1.73. The van der Waals surface area contributed by atoms with E-state index in [4.69, 9.17) is 9.47 Å². The molecule has 0 spiro atoms. The topological polar surface area (TPSA) is 30.5 Å². The zero-order chi connectivity index (χ0) is 12.3. The molecule has 1 saturated heterocycles. The maximum atomic E-state index is 12.9. The third kappa shape index (κ3) is 3.38. The van der Waals surface area contributed by atoms with Gasteiger partial charge in [-0.1, -0.05) is 0 Å². The Morgan fingerprint density at radius 1 is 1.35 bits per heavy atom. The zero-order valence-electron chi connectivity index (χ0n) is 9.58. The van der Waals surface area contributed by atoms with Gasteiger partial charge in [-0.25, -0.2) is 8.78 Å². The van der Waals surface area contributed by atoms with Crippen LogP contribution in [0, 0.1) is 11.6 Å². The predicted octanol–water partition coefficient (Wildman–Crippen LogP) is 1.72. The van der Waals surface area contributed by atoms with Crippen molar-refractivity contribution in [1.29, 1.82) is 0 Å². The third-order valence-electron chi connectivity index (χ3n) is 2.56. The molecule has 3 nitrogen and oxygen atoms in total. The van der Waals surface area contributed by atoms with Gasteiger partial charge in [0.2, 0.25) is 0 Å². The highest BCUT2D eigenvalue weighted by molar-refractivity contribution is 5.23. The van der Waals surface area contributed by atoms with Crippen LogP contribution in [0.1, 0.15) is 6.92 Å². The Morgan fingerprint density at radius 3 is 2.88 bits per heavy atom. The Hall–Kier alpha value is -1.20. The molecule has 0 radical (unpaired) electrons. The average Bonchev–Trinajstić information content (AvgIpc) is 2.31. The number of morpholine rings is 1. The summed E-state index contributed by atoms with van der Waals surface area (Å²) in [4.78, 5) is 0. The number of benzene rings is 1. The maximum Gasteiger partial charge on any atom is 0.162 e. The summed E-state index contributed by atoms with van der Waals surface area (Å²) < 4.78 is 36.6. The zero-order valence-corrected chi connectivity index (χ0v) is 9.58. The summed E-state index contributed by atoms with van der Waals surface area (Å²) in [6.45, 7) is 3.81. The van der Waals surface area contributed by atoms with E-state index in [9.17, 15) is 8.78 Å². The van der Waals surface area contributed by atoms with E-state index in [1.54, 1.807) is 0 Å². The minimum Gasteiger partial charge on any atom is -0.491 e. The first-order valence-corrected chi connectivity index (χ1v) is 5.59. The molecule has 17 heavy (non-hydrogen) atoms. The van der Waals surface area contributed by atoms with E-state index < -0.39 is 11.6 Å². The van der Waals surface area contributed by atoms with Gasteiger partial charge in [-0.3, -0.25) is 0 Å². The van der Waals surface area contributed by atoms with Crippen molar-refractivity contribution in [2.24, 2.45) is 0 Å². The fourth-order valence-electron chi connectivity index (χ4n) is 1.73. The molecular formula is C12H15F2NO2. The number of halogens is 2. The Morgan fingerprint density at radius 2 is 2.18 bits per heavy atom. The number of rotatable bonds is 3. The van der Waals surface area contributed by atoms with Crippen LogP contribution in [-0.2, 0) is 4.74 Å². The summed E-state index contributed by atoms with van der Waals surface area (Å²) >= 11 is 0. The van der Waals surface area contributed by atoms with Gasteiger partial charge in [-0.05, 0) is 19.1 Å². The molecule has 1 aromatic rings. The normalized spacial score (nSPS) is 24.6. The largest absolute Gasteiger partial charge is 0.491 e. The van der Waals surface area contributed by atoms with Crippen LogP contribution in [0.25, 0.3) is 0 Å². The Labute approximate surface area is 98.7 Å². The molecule has 2 atom stereocenters. The number of nitrogens with one attached hydrogen (secondary N) is 1. The second-order valence-electron chi connectivity index (χ2n) is 4.11. The molecule has 0 amide bonds. The fraction of sp³-hybridized carbons (Fsp3) is 0.500. The Balaban J connectivity index is 1.86. The van der Waals surface area contributed by atoms with Gasteiger partial charge in [0.1, 0.15) is 18.5 Å². The lowest BCUT2D eigenvalue weighted by molar-refractivity contribution is -0.0470. The van der Waals surface area contributed by atoms with Crippen molar-refractivity contribution in [2.45, 2.75) is 19.1 Å². The Kier molecular flexibility index (Phi) is 3.91. The van der Waals surface area contributed by atoms with Crippen LogP contribution < -0.4 is 10.1 Å². The second-order valence-corrected chi connectivity index (χ2v) is 4.11. The van der Waals surface area contributed by atoms with E-state index in [0.29, 0.717) is 18.9 Å². The van der Waals surface area contributed by atoms with Crippen LogP contribution in [0.3, 0.4) is 0 Å². The summed E-state index contributed by atoms with van der Waals surface area (Å²) in [7, 11) is 0. The molecule has 0 saturated carbocycles. The summed E-state index contributed by atoms with van der Waals surface area (Å²) in [6.07, 6.45) is 0.0779. The molecule has 1 fully saturated rings.